The molecule has 0 saturated carbocycles. The highest BCUT2D eigenvalue weighted by Crippen LogP contribution is 2.11. The van der Waals surface area contributed by atoms with Gasteiger partial charge in [-0.05, 0) is 25.1 Å². The number of allylic oxidation sites excluding steroid dienone is 1. The van der Waals surface area contributed by atoms with Gasteiger partial charge in [-0.1, -0.05) is 0 Å². The van der Waals surface area contributed by atoms with Crippen molar-refractivity contribution in [3.63, 3.8) is 0 Å². The van der Waals surface area contributed by atoms with E-state index in [0.29, 0.717) is 44.3 Å². The molecule has 0 spiro atoms. The van der Waals surface area contributed by atoms with Gasteiger partial charge < -0.3 is 24.9 Å². The van der Waals surface area contributed by atoms with E-state index >= 15 is 0 Å². The lowest BCUT2D eigenvalue weighted by molar-refractivity contribution is 0.0933. The number of ether oxygens (including phenoxy) is 3. The molecule has 6 nitrogen and oxygen atoms in total. The first-order valence-electron chi connectivity index (χ1n) is 6.96. The van der Waals surface area contributed by atoms with E-state index in [2.05, 4.69) is 10.3 Å². The Morgan fingerprint density at radius 2 is 2.19 bits per heavy atom. The zero-order valence-corrected chi connectivity index (χ0v) is 12.6. The number of anilines is 1. The summed E-state index contributed by atoms with van der Waals surface area (Å²) in [6.07, 6.45) is 5.31. The van der Waals surface area contributed by atoms with Crippen molar-refractivity contribution in [2.45, 2.75) is 13.3 Å². The minimum atomic E-state index is 0.433. The van der Waals surface area contributed by atoms with Crippen molar-refractivity contribution < 1.29 is 14.2 Å². The zero-order valence-electron chi connectivity index (χ0n) is 12.6. The average molecular weight is 293 g/mol. The van der Waals surface area contributed by atoms with Crippen molar-refractivity contribution in [2.24, 2.45) is 0 Å². The molecule has 0 aliphatic heterocycles. The number of aromatic nitrogens is 1. The standard InChI is InChI=1S/C15H23N3O3/c1-3-19-10-11-20-8-6-13(16)7-9-21-14-4-5-15(17-2)18-12-14/h4-6,8,12,16H,3,7,9-11H2,1-2H3,(H,17,18)/b8-6+,16-13?. The monoisotopic (exact) mass is 293 g/mol. The molecule has 0 saturated heterocycles. The number of nitrogens with zero attached hydrogens (tertiary/aromatic N) is 1. The van der Waals surface area contributed by atoms with Crippen molar-refractivity contribution in [2.75, 3.05) is 38.8 Å². The summed E-state index contributed by atoms with van der Waals surface area (Å²) in [4.78, 5) is 4.14. The van der Waals surface area contributed by atoms with Gasteiger partial charge in [0.15, 0.2) is 0 Å². The van der Waals surface area contributed by atoms with Gasteiger partial charge in [-0.2, -0.15) is 0 Å². The Morgan fingerprint density at radius 1 is 1.33 bits per heavy atom. The van der Waals surface area contributed by atoms with Crippen molar-refractivity contribution >= 4 is 11.5 Å². The van der Waals surface area contributed by atoms with Gasteiger partial charge in [0.2, 0.25) is 0 Å². The predicted molar refractivity (Wildman–Crippen MR) is 83.2 cm³/mol. The molecule has 6 heteroatoms. The molecule has 1 aromatic rings. The molecule has 116 valence electrons. The Kier molecular flexibility index (Phi) is 8.63. The lowest BCUT2D eigenvalue weighted by atomic mass is 10.3. The van der Waals surface area contributed by atoms with Crippen LogP contribution in [0.15, 0.2) is 30.7 Å². The Bertz CT molecular complexity index is 432. The zero-order chi connectivity index (χ0) is 15.3. The highest BCUT2D eigenvalue weighted by Gasteiger charge is 1.97. The third-order valence-corrected chi connectivity index (χ3v) is 2.55. The lowest BCUT2D eigenvalue weighted by Gasteiger charge is -2.06. The van der Waals surface area contributed by atoms with Gasteiger partial charge in [-0.25, -0.2) is 4.98 Å². The van der Waals surface area contributed by atoms with Gasteiger partial charge >= 0.3 is 0 Å². The molecule has 0 radical (unpaired) electrons. The molecule has 21 heavy (non-hydrogen) atoms. The number of rotatable bonds is 11. The van der Waals surface area contributed by atoms with Gasteiger partial charge in [-0.15, -0.1) is 0 Å². The summed E-state index contributed by atoms with van der Waals surface area (Å²) < 4.78 is 15.8. The lowest BCUT2D eigenvalue weighted by Crippen LogP contribution is -2.04. The summed E-state index contributed by atoms with van der Waals surface area (Å²) in [5.41, 5.74) is 0.450. The number of hydrogen-bond acceptors (Lipinski definition) is 6. The third-order valence-electron chi connectivity index (χ3n) is 2.55. The Balaban J connectivity index is 2.13. The van der Waals surface area contributed by atoms with Crippen LogP contribution in [0.5, 0.6) is 5.75 Å². The predicted octanol–water partition coefficient (Wildman–Crippen LogP) is 2.48. The van der Waals surface area contributed by atoms with Crippen LogP contribution in [0.3, 0.4) is 0 Å². The van der Waals surface area contributed by atoms with E-state index in [1.54, 1.807) is 12.3 Å². The Labute approximate surface area is 125 Å². The van der Waals surface area contributed by atoms with Crippen molar-refractivity contribution in [1.29, 1.82) is 5.41 Å². The summed E-state index contributed by atoms with van der Waals surface area (Å²) in [6, 6.07) is 3.68. The van der Waals surface area contributed by atoms with E-state index in [-0.39, 0.29) is 0 Å². The molecule has 0 unspecified atom stereocenters. The molecule has 0 aromatic carbocycles. The molecule has 0 fully saturated rings. The second-order valence-electron chi connectivity index (χ2n) is 4.12. The maximum absolute atomic E-state index is 7.73. The van der Waals surface area contributed by atoms with Crippen LogP contribution < -0.4 is 10.1 Å². The molecule has 0 aliphatic rings. The van der Waals surface area contributed by atoms with Gasteiger partial charge in [0.1, 0.15) is 18.2 Å². The van der Waals surface area contributed by atoms with Crippen LogP contribution in [-0.2, 0) is 9.47 Å². The van der Waals surface area contributed by atoms with Crippen molar-refractivity contribution in [1.82, 2.24) is 4.98 Å². The van der Waals surface area contributed by atoms with E-state index in [9.17, 15) is 0 Å². The van der Waals surface area contributed by atoms with E-state index < -0.39 is 0 Å². The summed E-state index contributed by atoms with van der Waals surface area (Å²) in [7, 11) is 1.81. The van der Waals surface area contributed by atoms with Crippen LogP contribution >= 0.6 is 0 Å². The fourth-order valence-corrected chi connectivity index (χ4v) is 1.43. The first-order chi connectivity index (χ1) is 10.3. The summed E-state index contributed by atoms with van der Waals surface area (Å²) in [6.45, 7) is 4.12. The van der Waals surface area contributed by atoms with Gasteiger partial charge in [0, 0.05) is 25.8 Å². The fraction of sp³-hybridized carbons (Fsp3) is 0.467. The van der Waals surface area contributed by atoms with Gasteiger partial charge in [-0.3, -0.25) is 0 Å². The fourth-order valence-electron chi connectivity index (χ4n) is 1.43. The molecule has 0 atom stereocenters. The second-order valence-corrected chi connectivity index (χ2v) is 4.12. The quantitative estimate of drug-likeness (QED) is 0.372. The molecule has 0 bridgehead atoms. The molecular formula is C15H23N3O3. The third kappa shape index (κ3) is 7.94. The van der Waals surface area contributed by atoms with E-state index in [1.807, 2.05) is 26.1 Å². The number of hydrogen-bond donors (Lipinski definition) is 2. The number of pyridine rings is 1. The maximum atomic E-state index is 7.73. The van der Waals surface area contributed by atoms with Gasteiger partial charge in [0.25, 0.3) is 0 Å². The second kappa shape index (κ2) is 10.7. The molecule has 1 aromatic heterocycles. The van der Waals surface area contributed by atoms with E-state index in [4.69, 9.17) is 19.6 Å². The maximum Gasteiger partial charge on any atom is 0.137 e. The SMILES string of the molecule is CCOCCO/C=C/C(=N)CCOc1ccc(NC)nc1. The normalized spacial score (nSPS) is 10.6. The number of nitrogens with one attached hydrogen (secondary N) is 2. The van der Waals surface area contributed by atoms with E-state index in [0.717, 1.165) is 5.82 Å². The first-order valence-corrected chi connectivity index (χ1v) is 6.96. The average Bonchev–Trinajstić information content (AvgIpc) is 2.51. The van der Waals surface area contributed by atoms with Crippen molar-refractivity contribution in [3.8, 4) is 5.75 Å². The van der Waals surface area contributed by atoms with Gasteiger partial charge in [0.05, 0.1) is 25.7 Å². The molecule has 2 N–H and O–H groups in total. The largest absolute Gasteiger partial charge is 0.499 e. The van der Waals surface area contributed by atoms with Crippen molar-refractivity contribution in [3.05, 3.63) is 30.7 Å². The highest BCUT2D eigenvalue weighted by atomic mass is 16.5. The molecule has 0 aliphatic carbocycles. The summed E-state index contributed by atoms with van der Waals surface area (Å²) >= 11 is 0. The molecule has 0 amide bonds. The summed E-state index contributed by atoms with van der Waals surface area (Å²) in [5.74, 6) is 1.49. The minimum Gasteiger partial charge on any atom is -0.499 e. The molecule has 1 heterocycles. The smallest absolute Gasteiger partial charge is 0.137 e. The first kappa shape index (κ1) is 17.0. The van der Waals surface area contributed by atoms with E-state index in [1.165, 1.54) is 6.26 Å². The Hall–Kier alpha value is -2.08. The van der Waals surface area contributed by atoms with Crippen LogP contribution in [0.2, 0.25) is 0 Å². The Morgan fingerprint density at radius 3 is 2.86 bits per heavy atom. The van der Waals surface area contributed by atoms with Crippen LogP contribution in [0.25, 0.3) is 0 Å². The topological polar surface area (TPSA) is 76.5 Å². The molecule has 1 rings (SSSR count). The minimum absolute atomic E-state index is 0.433. The summed E-state index contributed by atoms with van der Waals surface area (Å²) in [5, 5.41) is 10.7. The highest BCUT2D eigenvalue weighted by molar-refractivity contribution is 5.92. The molecular weight excluding hydrogens is 270 g/mol. The van der Waals surface area contributed by atoms with Crippen LogP contribution in [0, 0.1) is 5.41 Å². The van der Waals surface area contributed by atoms with Crippen LogP contribution in [0.4, 0.5) is 5.82 Å². The van der Waals surface area contributed by atoms with Crippen LogP contribution in [-0.4, -0.2) is 44.2 Å². The van der Waals surface area contributed by atoms with Crippen LogP contribution in [0.1, 0.15) is 13.3 Å².